The first-order valence-corrected chi connectivity index (χ1v) is 17.4. The Morgan fingerprint density at radius 3 is 1.35 bits per heavy atom. The molecule has 0 aliphatic heterocycles. The molecule has 2 aromatic heterocycles. The summed E-state index contributed by atoms with van der Waals surface area (Å²) in [6.45, 7) is 0. The molecule has 6 aromatic rings. The van der Waals surface area contributed by atoms with Crippen LogP contribution in [-0.2, 0) is 15.0 Å². The van der Waals surface area contributed by atoms with Gasteiger partial charge in [-0.15, -0.1) is 57.9 Å². The summed E-state index contributed by atoms with van der Waals surface area (Å²) < 4.78 is 10.7. The van der Waals surface area contributed by atoms with Crippen molar-refractivity contribution in [3.05, 3.63) is 110 Å². The van der Waals surface area contributed by atoms with E-state index in [1.807, 2.05) is 48.5 Å². The van der Waals surface area contributed by atoms with Gasteiger partial charge in [0, 0.05) is 0 Å². The van der Waals surface area contributed by atoms with E-state index in [1.165, 1.54) is 21.5 Å². The molecule has 6 rings (SSSR count). The number of fused-ring (bicyclic) bond motifs is 2. The zero-order chi connectivity index (χ0) is 21.5. The third-order valence-electron chi connectivity index (χ3n) is 4.85. The Morgan fingerprint density at radius 1 is 0.581 bits per heavy atom. The van der Waals surface area contributed by atoms with Crippen molar-refractivity contribution in [2.24, 2.45) is 0 Å². The second-order valence-electron chi connectivity index (χ2n) is 6.77. The molecule has 0 unspecified atom stereocenters. The first-order valence-electron chi connectivity index (χ1n) is 9.63. The van der Waals surface area contributed by atoms with Crippen molar-refractivity contribution in [1.82, 2.24) is 0 Å². The Labute approximate surface area is 202 Å². The molecule has 154 valence electrons. The van der Waals surface area contributed by atoms with E-state index in [4.69, 9.17) is 8.83 Å². The molecule has 0 aliphatic carbocycles. The minimum atomic E-state index is 0.125. The van der Waals surface area contributed by atoms with Gasteiger partial charge in [0.2, 0.25) is 0 Å². The van der Waals surface area contributed by atoms with Crippen molar-refractivity contribution in [1.29, 1.82) is 0 Å². The maximum absolute atomic E-state index is 5.35. The van der Waals surface area contributed by atoms with Crippen molar-refractivity contribution in [2.45, 2.75) is 0 Å². The van der Waals surface area contributed by atoms with Crippen LogP contribution in [0.5, 0.6) is 0 Å². The van der Waals surface area contributed by atoms with Gasteiger partial charge in [-0.1, -0.05) is 59.7 Å². The van der Waals surface area contributed by atoms with E-state index in [-0.39, 0.29) is 15.0 Å². The summed E-state index contributed by atoms with van der Waals surface area (Å²) in [6.07, 6.45) is 3.40. The first kappa shape index (κ1) is 22.1. The van der Waals surface area contributed by atoms with E-state index in [1.54, 1.807) is 12.5 Å². The Kier molecular flexibility index (Phi) is 7.82. The summed E-state index contributed by atoms with van der Waals surface area (Å²) in [5.74, 6) is 1.86. The zero-order valence-electron chi connectivity index (χ0n) is 16.5. The van der Waals surface area contributed by atoms with Crippen molar-refractivity contribution in [3.8, 4) is 22.6 Å². The summed E-state index contributed by atoms with van der Waals surface area (Å²) >= 11 is 6.50. The van der Waals surface area contributed by atoms with E-state index >= 15 is 0 Å². The molecular weight excluding hydrogens is 552 g/mol. The SMILES string of the molecule is [Br][Ti][Br].c1coc(-c2cc3ccccc3[cH-]2)c1.c1coc(-c2cc3ccccc3[cH-]2)c1. The maximum Gasteiger partial charge on any atom is 0.0796 e. The van der Waals surface area contributed by atoms with Crippen molar-refractivity contribution < 1.29 is 23.8 Å². The van der Waals surface area contributed by atoms with Crippen molar-refractivity contribution in [2.75, 3.05) is 0 Å². The molecule has 0 fully saturated rings. The third kappa shape index (κ3) is 5.58. The molecule has 2 nitrogen and oxygen atoms in total. The van der Waals surface area contributed by atoms with Crippen LogP contribution in [0.2, 0.25) is 0 Å². The molecule has 5 heteroatoms. The predicted octanol–water partition coefficient (Wildman–Crippen LogP) is 9.33. The van der Waals surface area contributed by atoms with Gasteiger partial charge in [-0.25, -0.2) is 0 Å². The van der Waals surface area contributed by atoms with Crippen LogP contribution in [0, 0.1) is 0 Å². The normalized spacial score (nSPS) is 10.3. The van der Waals surface area contributed by atoms with E-state index in [2.05, 4.69) is 74.9 Å². The van der Waals surface area contributed by atoms with Crippen LogP contribution in [0.15, 0.2) is 118 Å². The van der Waals surface area contributed by atoms with E-state index in [0.717, 1.165) is 22.6 Å². The van der Waals surface area contributed by atoms with Crippen LogP contribution in [-0.4, -0.2) is 0 Å². The monoisotopic (exact) mass is 568 g/mol. The fourth-order valence-corrected chi connectivity index (χ4v) is 3.47. The molecule has 0 bridgehead atoms. The average molecular weight is 570 g/mol. The minimum absolute atomic E-state index is 0.125. The number of halogens is 2. The second-order valence-corrected chi connectivity index (χ2v) is 14.7. The third-order valence-corrected chi connectivity index (χ3v) is 4.85. The number of hydrogen-bond acceptors (Lipinski definition) is 2. The molecule has 4 aromatic carbocycles. The predicted molar refractivity (Wildman–Crippen MR) is 132 cm³/mol. The van der Waals surface area contributed by atoms with Gasteiger partial charge in [0.05, 0.1) is 24.0 Å². The Balaban J connectivity index is 0.000000133. The van der Waals surface area contributed by atoms with Gasteiger partial charge in [-0.05, 0) is 12.1 Å². The van der Waals surface area contributed by atoms with Crippen molar-refractivity contribution in [3.63, 3.8) is 0 Å². The molecule has 0 N–H and O–H groups in total. The summed E-state index contributed by atoms with van der Waals surface area (Å²) in [4.78, 5) is 0. The van der Waals surface area contributed by atoms with Crippen LogP contribution < -0.4 is 0 Å². The largest absolute Gasteiger partial charge is 0.499 e. The Morgan fingerprint density at radius 2 is 1.00 bits per heavy atom. The summed E-state index contributed by atoms with van der Waals surface area (Å²) in [5, 5.41) is 5.05. The smallest absolute Gasteiger partial charge is 0.0796 e. The van der Waals surface area contributed by atoms with Crippen LogP contribution in [0.25, 0.3) is 44.2 Å². The standard InChI is InChI=1S/2C13H9O.2BrH.Ti/c2*1-2-5-11-9-12(8-10(11)4-1)13-6-3-7-14-13;;;/h2*1-9H;2*1H;/q2*-1;;;+2/p-2. The first-order chi connectivity index (χ1) is 15.3. The minimum Gasteiger partial charge on any atom is -0.499 e. The Bertz CT molecular complexity index is 1160. The van der Waals surface area contributed by atoms with E-state index in [0.29, 0.717) is 0 Å². The topological polar surface area (TPSA) is 26.3 Å². The molecule has 31 heavy (non-hydrogen) atoms. The van der Waals surface area contributed by atoms with Crippen LogP contribution >= 0.6 is 26.3 Å². The molecule has 0 amide bonds. The number of furan rings is 2. The average Bonchev–Trinajstić information content (AvgIpc) is 3.60. The van der Waals surface area contributed by atoms with Gasteiger partial charge in [-0.2, -0.15) is 0 Å². The molecule has 2 heterocycles. The fourth-order valence-electron chi connectivity index (χ4n) is 3.47. The molecular formula is C26H18Br2O2Ti-2. The van der Waals surface area contributed by atoms with Crippen LogP contribution in [0.4, 0.5) is 0 Å². The van der Waals surface area contributed by atoms with Gasteiger partial charge in [-0.3, -0.25) is 0 Å². The number of benzene rings is 2. The molecule has 0 aliphatic rings. The Hall–Kier alpha value is -2.11. The second kappa shape index (κ2) is 11.0. The van der Waals surface area contributed by atoms with E-state index in [9.17, 15) is 0 Å². The fraction of sp³-hybridized carbons (Fsp3) is 0. The summed E-state index contributed by atoms with van der Waals surface area (Å²) in [6, 6.07) is 33.0. The van der Waals surface area contributed by atoms with E-state index < -0.39 is 0 Å². The van der Waals surface area contributed by atoms with Crippen LogP contribution in [0.1, 0.15) is 0 Å². The molecule has 0 saturated heterocycles. The van der Waals surface area contributed by atoms with Gasteiger partial charge in [0.15, 0.2) is 0 Å². The van der Waals surface area contributed by atoms with Crippen LogP contribution in [0.3, 0.4) is 0 Å². The van der Waals surface area contributed by atoms with Gasteiger partial charge in [0.1, 0.15) is 0 Å². The molecule has 0 saturated carbocycles. The summed E-state index contributed by atoms with van der Waals surface area (Å²) in [5.41, 5.74) is 2.30. The number of rotatable bonds is 2. The number of hydrogen-bond donors (Lipinski definition) is 0. The van der Waals surface area contributed by atoms with Crippen molar-refractivity contribution >= 4 is 47.9 Å². The quantitative estimate of drug-likeness (QED) is 0.153. The maximum atomic E-state index is 5.35. The molecule has 0 spiro atoms. The van der Waals surface area contributed by atoms with Gasteiger partial charge >= 0.3 is 41.3 Å². The zero-order valence-corrected chi connectivity index (χ0v) is 21.2. The van der Waals surface area contributed by atoms with Gasteiger partial charge in [0.25, 0.3) is 0 Å². The molecule has 0 radical (unpaired) electrons. The molecule has 0 atom stereocenters. The van der Waals surface area contributed by atoms with Gasteiger partial charge < -0.3 is 8.83 Å². The summed E-state index contributed by atoms with van der Waals surface area (Å²) in [7, 11) is 0.